The minimum Gasteiger partial charge on any atom is -0.364 e. The molecule has 3 heterocycles. The number of hydrogen-bond acceptors (Lipinski definition) is 6. The molecule has 2 atom stereocenters. The van der Waals surface area contributed by atoms with Gasteiger partial charge in [0.05, 0.1) is 17.6 Å². The van der Waals surface area contributed by atoms with Crippen LogP contribution in [-0.4, -0.2) is 51.6 Å². The van der Waals surface area contributed by atoms with Crippen LogP contribution in [0.5, 0.6) is 0 Å². The Morgan fingerprint density at radius 3 is 2.88 bits per heavy atom. The molecule has 0 amide bonds. The van der Waals surface area contributed by atoms with Gasteiger partial charge in [-0.05, 0) is 54.5 Å². The largest absolute Gasteiger partial charge is 0.364 e. The van der Waals surface area contributed by atoms with Crippen molar-refractivity contribution < 1.29 is 13.7 Å². The van der Waals surface area contributed by atoms with E-state index in [4.69, 9.17) is 4.11 Å². The van der Waals surface area contributed by atoms with Gasteiger partial charge in [-0.15, -0.1) is 0 Å². The normalized spacial score (nSPS) is 26.4. The number of Topliss-reactive ketones (excluding diaryl/α,β-unsaturated/α-hetero) is 2. The lowest BCUT2D eigenvalue weighted by atomic mass is 9.91. The number of rotatable bonds is 6. The summed E-state index contributed by atoms with van der Waals surface area (Å²) in [5, 5.41) is 0. The Kier molecular flexibility index (Phi) is 3.99. The van der Waals surface area contributed by atoms with E-state index in [0.717, 1.165) is 67.0 Å². The van der Waals surface area contributed by atoms with Gasteiger partial charge < -0.3 is 4.90 Å². The molecule has 0 unspecified atom stereocenters. The molecule has 3 aliphatic carbocycles. The van der Waals surface area contributed by atoms with Crippen molar-refractivity contribution in [3.05, 3.63) is 58.7 Å². The summed E-state index contributed by atoms with van der Waals surface area (Å²) in [5.41, 5.74) is 5.29. The zero-order chi connectivity index (χ0) is 24.3. The van der Waals surface area contributed by atoms with Crippen LogP contribution in [-0.2, 0) is 17.8 Å². The van der Waals surface area contributed by atoms with Gasteiger partial charge in [-0.3, -0.25) is 24.5 Å². The van der Waals surface area contributed by atoms with Crippen LogP contribution < -0.4 is 4.90 Å². The highest BCUT2D eigenvalue weighted by Crippen LogP contribution is 2.41. The van der Waals surface area contributed by atoms with Crippen LogP contribution >= 0.6 is 0 Å². The van der Waals surface area contributed by atoms with Crippen LogP contribution in [0.25, 0.3) is 6.08 Å². The van der Waals surface area contributed by atoms with Gasteiger partial charge in [0.15, 0.2) is 11.6 Å². The number of fused-ring (bicyclic) bond motifs is 2. The fraction of sp³-hybridized carbons (Fsp3) is 0.462. The van der Waals surface area contributed by atoms with E-state index in [0.29, 0.717) is 24.4 Å². The Labute approximate surface area is 192 Å². The fourth-order valence-corrected chi connectivity index (χ4v) is 5.20. The second-order valence-electron chi connectivity index (χ2n) is 9.40. The van der Waals surface area contributed by atoms with E-state index in [9.17, 15) is 9.59 Å². The van der Waals surface area contributed by atoms with Crippen molar-refractivity contribution in [2.24, 2.45) is 5.92 Å². The second-order valence-corrected chi connectivity index (χ2v) is 9.40. The highest BCUT2D eigenvalue weighted by Gasteiger charge is 2.49. The predicted molar refractivity (Wildman–Crippen MR) is 122 cm³/mol. The molecule has 4 aliphatic rings. The zero-order valence-corrected chi connectivity index (χ0v) is 18.0. The van der Waals surface area contributed by atoms with Gasteiger partial charge in [0.1, 0.15) is 5.69 Å². The minimum absolute atomic E-state index is 0.202. The molecule has 0 radical (unpaired) electrons. The summed E-state index contributed by atoms with van der Waals surface area (Å²) in [4.78, 5) is 38.4. The van der Waals surface area contributed by atoms with Crippen molar-refractivity contribution in [2.75, 3.05) is 18.0 Å². The van der Waals surface area contributed by atoms with Crippen molar-refractivity contribution in [1.29, 1.82) is 0 Å². The summed E-state index contributed by atoms with van der Waals surface area (Å²) < 4.78 is 21.8. The van der Waals surface area contributed by atoms with Crippen LogP contribution in [0, 0.1) is 5.92 Å². The lowest BCUT2D eigenvalue weighted by Crippen LogP contribution is -2.46. The van der Waals surface area contributed by atoms with E-state index in [1.54, 1.807) is 12.3 Å². The molecule has 3 fully saturated rings. The Bertz CT molecular complexity index is 1220. The molecule has 0 bridgehead atoms. The number of ketones is 2. The summed E-state index contributed by atoms with van der Waals surface area (Å²) in [7, 11) is 0. The summed E-state index contributed by atoms with van der Waals surface area (Å²) in [6.45, 7) is 0.302. The average Bonchev–Trinajstić information content (AvgIpc) is 3.72. The molecule has 0 spiro atoms. The van der Waals surface area contributed by atoms with E-state index in [1.807, 2.05) is 18.3 Å². The van der Waals surface area contributed by atoms with Crippen LogP contribution in [0.2, 0.25) is 0 Å². The minimum atomic E-state index is -2.28. The lowest BCUT2D eigenvalue weighted by Gasteiger charge is -2.35. The molecule has 32 heavy (non-hydrogen) atoms. The molecule has 6 nitrogen and oxygen atoms in total. The standard InChI is InChI=1S/C26H28N4O2/c1-2-25(31)21-6-5-19(14-28-21)30-8-7-29(23-12-24(23)30)15-16-9-18-10-26(32)20(17-3-4-17)11-22(18)27-13-16/h5-6,9,11,13-14,17,23-24H,2-4,7-8,10,12,15H2,1H3/t23-,24+/m0/s1/i1D3. The van der Waals surface area contributed by atoms with Crippen LogP contribution in [0.4, 0.5) is 5.69 Å². The van der Waals surface area contributed by atoms with Crippen LogP contribution in [0.15, 0.2) is 36.2 Å². The molecule has 6 rings (SSSR count). The Hall–Kier alpha value is -2.86. The predicted octanol–water partition coefficient (Wildman–Crippen LogP) is 3.45. The first-order valence-electron chi connectivity index (χ1n) is 13.0. The Balaban J connectivity index is 1.09. The highest BCUT2D eigenvalue weighted by molar-refractivity contribution is 6.04. The van der Waals surface area contributed by atoms with Gasteiger partial charge in [-0.1, -0.05) is 12.9 Å². The van der Waals surface area contributed by atoms with E-state index in [1.165, 1.54) is 0 Å². The number of carbonyl (C=O) groups is 2. The number of anilines is 1. The van der Waals surface area contributed by atoms with Gasteiger partial charge in [-0.2, -0.15) is 0 Å². The maximum atomic E-state index is 12.5. The SMILES string of the molecule is [2H]C([2H])([2H])CC(=O)c1ccc(N2CCN(Cc3cnc4c(c3)CC(=O)C(C3CC3)=C4)[C@H]3C[C@H]32)cn1. The third kappa shape index (κ3) is 3.56. The first-order chi connectivity index (χ1) is 16.7. The summed E-state index contributed by atoms with van der Waals surface area (Å²) in [6, 6.07) is 6.53. The summed E-state index contributed by atoms with van der Waals surface area (Å²) in [5.74, 6) is 0.265. The van der Waals surface area contributed by atoms with E-state index >= 15 is 0 Å². The fourth-order valence-electron chi connectivity index (χ4n) is 5.20. The number of carbonyl (C=O) groups excluding carboxylic acids is 2. The topological polar surface area (TPSA) is 66.4 Å². The van der Waals surface area contributed by atoms with Gasteiger partial charge >= 0.3 is 0 Å². The number of allylic oxidation sites excluding steroid dienone is 1. The van der Waals surface area contributed by atoms with E-state index in [2.05, 4.69) is 25.8 Å². The number of aromatic nitrogens is 2. The molecule has 2 aromatic rings. The van der Waals surface area contributed by atoms with E-state index in [-0.39, 0.29) is 11.5 Å². The average molecular weight is 432 g/mol. The highest BCUT2D eigenvalue weighted by atomic mass is 16.1. The van der Waals surface area contributed by atoms with Crippen LogP contribution in [0.1, 0.15) is 64.0 Å². The Morgan fingerprint density at radius 1 is 1.19 bits per heavy atom. The van der Waals surface area contributed by atoms with Crippen molar-refractivity contribution in [3.8, 4) is 0 Å². The smallest absolute Gasteiger partial charge is 0.180 e. The molecule has 6 heteroatoms. The second kappa shape index (κ2) is 7.62. The van der Waals surface area contributed by atoms with Gasteiger partial charge in [0.25, 0.3) is 0 Å². The molecule has 0 aromatic carbocycles. The van der Waals surface area contributed by atoms with Gasteiger partial charge in [-0.25, -0.2) is 0 Å². The molecule has 164 valence electrons. The zero-order valence-electron chi connectivity index (χ0n) is 21.0. The molecule has 1 saturated heterocycles. The molecule has 2 aromatic heterocycles. The number of pyridine rings is 2. The Morgan fingerprint density at radius 2 is 2.09 bits per heavy atom. The first kappa shape index (κ1) is 16.7. The van der Waals surface area contributed by atoms with Crippen LogP contribution in [0.3, 0.4) is 0 Å². The molecular weight excluding hydrogens is 400 g/mol. The number of nitrogens with zero attached hydrogens (tertiary/aromatic N) is 4. The lowest BCUT2D eigenvalue weighted by molar-refractivity contribution is -0.115. The third-order valence-electron chi connectivity index (χ3n) is 7.17. The quantitative estimate of drug-likeness (QED) is 0.653. The van der Waals surface area contributed by atoms with Crippen molar-refractivity contribution in [3.63, 3.8) is 0 Å². The maximum Gasteiger partial charge on any atom is 0.180 e. The van der Waals surface area contributed by atoms with Crippen molar-refractivity contribution in [1.82, 2.24) is 14.9 Å². The maximum absolute atomic E-state index is 12.5. The summed E-state index contributed by atoms with van der Waals surface area (Å²) in [6.07, 6.45) is 8.95. The van der Waals surface area contributed by atoms with Crippen molar-refractivity contribution >= 4 is 23.3 Å². The number of piperazine rings is 1. The third-order valence-corrected chi connectivity index (χ3v) is 7.17. The molecular formula is C26H28N4O2. The van der Waals surface area contributed by atoms with E-state index < -0.39 is 19.1 Å². The number of hydrogen-bond donors (Lipinski definition) is 0. The van der Waals surface area contributed by atoms with Gasteiger partial charge in [0, 0.05) is 60.4 Å². The monoisotopic (exact) mass is 431 g/mol. The molecule has 0 N–H and O–H groups in total. The van der Waals surface area contributed by atoms with Crippen molar-refractivity contribution in [2.45, 2.75) is 57.6 Å². The molecule has 1 aliphatic heterocycles. The van der Waals surface area contributed by atoms with Gasteiger partial charge in [0.2, 0.25) is 0 Å². The first-order valence-corrected chi connectivity index (χ1v) is 11.5. The summed E-state index contributed by atoms with van der Waals surface area (Å²) >= 11 is 0. The molecule has 2 saturated carbocycles.